The highest BCUT2D eigenvalue weighted by atomic mass is 35.5. The molecule has 0 bridgehead atoms. The van der Waals surface area contributed by atoms with Crippen LogP contribution in [-0.2, 0) is 33.1 Å². The molecule has 0 aromatic carbocycles. The SMILES string of the molecule is CCc1nn(C)cc1CNCc1c(Cl)c(C)nn1CC. The molecular weight excluding hydrogens is 274 g/mol. The Kier molecular flexibility index (Phi) is 4.83. The second kappa shape index (κ2) is 6.41. The smallest absolute Gasteiger partial charge is 0.0860 e. The van der Waals surface area contributed by atoms with Crippen LogP contribution in [0.2, 0.25) is 5.02 Å². The molecule has 0 fully saturated rings. The molecule has 20 heavy (non-hydrogen) atoms. The molecule has 2 heterocycles. The molecule has 1 N–H and O–H groups in total. The van der Waals surface area contributed by atoms with E-state index < -0.39 is 0 Å². The molecular formula is C14H22ClN5. The van der Waals surface area contributed by atoms with Gasteiger partial charge in [-0.1, -0.05) is 18.5 Å². The molecule has 5 nitrogen and oxygen atoms in total. The van der Waals surface area contributed by atoms with Crippen molar-refractivity contribution >= 4 is 11.6 Å². The van der Waals surface area contributed by atoms with E-state index in [-0.39, 0.29) is 0 Å². The molecule has 0 spiro atoms. The van der Waals surface area contributed by atoms with E-state index in [0.29, 0.717) is 6.54 Å². The maximum atomic E-state index is 6.30. The van der Waals surface area contributed by atoms with Gasteiger partial charge in [0.05, 0.1) is 22.1 Å². The molecule has 6 heteroatoms. The first kappa shape index (κ1) is 15.1. The van der Waals surface area contributed by atoms with Gasteiger partial charge < -0.3 is 5.32 Å². The van der Waals surface area contributed by atoms with E-state index >= 15 is 0 Å². The molecule has 0 saturated carbocycles. The number of nitrogens with zero attached hydrogens (tertiary/aromatic N) is 4. The maximum absolute atomic E-state index is 6.30. The fraction of sp³-hybridized carbons (Fsp3) is 0.571. The average Bonchev–Trinajstić information content (AvgIpc) is 2.92. The van der Waals surface area contributed by atoms with Crippen molar-refractivity contribution in [2.75, 3.05) is 0 Å². The molecule has 0 saturated heterocycles. The summed E-state index contributed by atoms with van der Waals surface area (Å²) in [6.07, 6.45) is 3.01. The standard InChI is InChI=1S/C14H22ClN5/c1-5-12-11(9-19(4)18-12)7-16-8-13-14(15)10(3)17-20(13)6-2/h9,16H,5-8H2,1-4H3. The first-order valence-electron chi connectivity index (χ1n) is 7.00. The van der Waals surface area contributed by atoms with Crippen LogP contribution in [0, 0.1) is 6.92 Å². The lowest BCUT2D eigenvalue weighted by atomic mass is 10.2. The van der Waals surface area contributed by atoms with E-state index in [1.54, 1.807) is 0 Å². The minimum absolute atomic E-state index is 0.714. The highest BCUT2D eigenvalue weighted by molar-refractivity contribution is 6.31. The van der Waals surface area contributed by atoms with Gasteiger partial charge in [0.25, 0.3) is 0 Å². The molecule has 0 atom stereocenters. The Bertz CT molecular complexity index is 585. The predicted octanol–water partition coefficient (Wildman–Crippen LogP) is 2.45. The van der Waals surface area contributed by atoms with E-state index in [2.05, 4.69) is 35.6 Å². The maximum Gasteiger partial charge on any atom is 0.0860 e. The highest BCUT2D eigenvalue weighted by Gasteiger charge is 2.12. The first-order valence-corrected chi connectivity index (χ1v) is 7.38. The Morgan fingerprint density at radius 2 is 2.00 bits per heavy atom. The van der Waals surface area contributed by atoms with Crippen molar-refractivity contribution in [3.63, 3.8) is 0 Å². The second-order valence-corrected chi connectivity index (χ2v) is 5.27. The Labute approximate surface area is 124 Å². The fourth-order valence-corrected chi connectivity index (χ4v) is 2.58. The van der Waals surface area contributed by atoms with Gasteiger partial charge in [0.2, 0.25) is 0 Å². The Balaban J connectivity index is 2.02. The lowest BCUT2D eigenvalue weighted by Gasteiger charge is -2.07. The number of aryl methyl sites for hydroxylation is 4. The van der Waals surface area contributed by atoms with Gasteiger partial charge in [0.1, 0.15) is 0 Å². The van der Waals surface area contributed by atoms with Crippen molar-refractivity contribution in [1.82, 2.24) is 24.9 Å². The summed E-state index contributed by atoms with van der Waals surface area (Å²) in [5.41, 5.74) is 4.33. The third-order valence-corrected chi connectivity index (χ3v) is 3.88. The van der Waals surface area contributed by atoms with Crippen LogP contribution in [0.3, 0.4) is 0 Å². The summed E-state index contributed by atoms with van der Waals surface area (Å²) in [4.78, 5) is 0. The van der Waals surface area contributed by atoms with Crippen molar-refractivity contribution in [3.8, 4) is 0 Å². The molecule has 0 aliphatic rings. The molecule has 2 aromatic heterocycles. The van der Waals surface area contributed by atoms with E-state index in [1.165, 1.54) is 5.56 Å². The summed E-state index contributed by atoms with van der Waals surface area (Å²) in [5.74, 6) is 0. The zero-order valence-corrected chi connectivity index (χ0v) is 13.3. The summed E-state index contributed by atoms with van der Waals surface area (Å²) in [6, 6.07) is 0. The van der Waals surface area contributed by atoms with Crippen LogP contribution in [-0.4, -0.2) is 19.6 Å². The summed E-state index contributed by atoms with van der Waals surface area (Å²) in [6.45, 7) is 8.47. The zero-order valence-electron chi connectivity index (χ0n) is 12.6. The number of hydrogen-bond donors (Lipinski definition) is 1. The quantitative estimate of drug-likeness (QED) is 0.890. The number of halogens is 1. The minimum atomic E-state index is 0.714. The summed E-state index contributed by atoms with van der Waals surface area (Å²) in [5, 5.41) is 13.1. The van der Waals surface area contributed by atoms with Crippen LogP contribution in [0.1, 0.15) is 36.5 Å². The predicted molar refractivity (Wildman–Crippen MR) is 80.8 cm³/mol. The Morgan fingerprint density at radius 3 is 2.65 bits per heavy atom. The van der Waals surface area contributed by atoms with Crippen molar-refractivity contribution in [2.24, 2.45) is 7.05 Å². The largest absolute Gasteiger partial charge is 0.307 e. The Morgan fingerprint density at radius 1 is 1.25 bits per heavy atom. The van der Waals surface area contributed by atoms with Crippen LogP contribution in [0.4, 0.5) is 0 Å². The number of hydrogen-bond acceptors (Lipinski definition) is 3. The lowest BCUT2D eigenvalue weighted by Crippen LogP contribution is -2.17. The van der Waals surface area contributed by atoms with Crippen molar-refractivity contribution in [2.45, 2.75) is 46.8 Å². The summed E-state index contributed by atoms with van der Waals surface area (Å²) < 4.78 is 3.82. The van der Waals surface area contributed by atoms with Crippen LogP contribution in [0.5, 0.6) is 0 Å². The van der Waals surface area contributed by atoms with Gasteiger partial charge in [-0.2, -0.15) is 10.2 Å². The molecule has 0 unspecified atom stereocenters. The molecule has 2 rings (SSSR count). The molecule has 0 aliphatic heterocycles. The average molecular weight is 296 g/mol. The van der Waals surface area contributed by atoms with Crippen LogP contribution in [0.15, 0.2) is 6.20 Å². The zero-order chi connectivity index (χ0) is 14.7. The van der Waals surface area contributed by atoms with Gasteiger partial charge >= 0.3 is 0 Å². The molecule has 110 valence electrons. The van der Waals surface area contributed by atoms with E-state index in [1.807, 2.05) is 23.3 Å². The number of aromatic nitrogens is 4. The van der Waals surface area contributed by atoms with Gasteiger partial charge in [-0.05, 0) is 20.3 Å². The summed E-state index contributed by atoms with van der Waals surface area (Å²) in [7, 11) is 1.95. The highest BCUT2D eigenvalue weighted by Crippen LogP contribution is 2.20. The van der Waals surface area contributed by atoms with Gasteiger partial charge in [0.15, 0.2) is 0 Å². The van der Waals surface area contributed by atoms with Crippen molar-refractivity contribution in [1.29, 1.82) is 0 Å². The minimum Gasteiger partial charge on any atom is -0.307 e. The van der Waals surface area contributed by atoms with Gasteiger partial charge in [-0.25, -0.2) is 0 Å². The van der Waals surface area contributed by atoms with Crippen molar-refractivity contribution in [3.05, 3.63) is 33.9 Å². The van der Waals surface area contributed by atoms with Crippen molar-refractivity contribution < 1.29 is 0 Å². The van der Waals surface area contributed by atoms with E-state index in [9.17, 15) is 0 Å². The fourth-order valence-electron chi connectivity index (χ4n) is 2.38. The normalized spacial score (nSPS) is 11.2. The number of rotatable bonds is 6. The third kappa shape index (κ3) is 3.04. The molecule has 0 aliphatic carbocycles. The number of nitrogens with one attached hydrogen (secondary N) is 1. The second-order valence-electron chi connectivity index (χ2n) is 4.89. The topological polar surface area (TPSA) is 47.7 Å². The molecule has 0 radical (unpaired) electrons. The van der Waals surface area contributed by atoms with Gasteiger partial charge in [-0.15, -0.1) is 0 Å². The van der Waals surface area contributed by atoms with Crippen LogP contribution < -0.4 is 5.32 Å². The Hall–Kier alpha value is -1.33. The third-order valence-electron chi connectivity index (χ3n) is 3.39. The van der Waals surface area contributed by atoms with E-state index in [4.69, 9.17) is 11.6 Å². The van der Waals surface area contributed by atoms with E-state index in [0.717, 1.165) is 41.6 Å². The van der Waals surface area contributed by atoms with Crippen LogP contribution in [0.25, 0.3) is 0 Å². The lowest BCUT2D eigenvalue weighted by molar-refractivity contribution is 0.578. The summed E-state index contributed by atoms with van der Waals surface area (Å²) >= 11 is 6.30. The van der Waals surface area contributed by atoms with Gasteiger partial charge in [-0.3, -0.25) is 9.36 Å². The van der Waals surface area contributed by atoms with Crippen LogP contribution >= 0.6 is 11.6 Å². The molecule has 0 amide bonds. The monoisotopic (exact) mass is 295 g/mol. The van der Waals surface area contributed by atoms with Gasteiger partial charge in [0, 0.05) is 38.4 Å². The first-order chi connectivity index (χ1) is 9.56. The molecule has 2 aromatic rings.